The third kappa shape index (κ3) is 8.34. The van der Waals surface area contributed by atoms with E-state index in [0.29, 0.717) is 36.0 Å². The molecule has 2 aromatic heterocycles. The van der Waals surface area contributed by atoms with Crippen molar-refractivity contribution in [2.45, 2.75) is 103 Å². The first-order chi connectivity index (χ1) is 24.6. The molecule has 6 rings (SSSR count). The normalized spacial score (nSPS) is 14.1. The van der Waals surface area contributed by atoms with Gasteiger partial charge in [0.25, 0.3) is 0 Å². The topological polar surface area (TPSA) is 91.5 Å². The van der Waals surface area contributed by atoms with Crippen LogP contribution in [-0.2, 0) is 52.5 Å². The smallest absolute Gasteiger partial charge is 0.243 e. The Kier molecular flexibility index (Phi) is 11.1. The molecule has 0 saturated heterocycles. The van der Waals surface area contributed by atoms with Crippen molar-refractivity contribution in [1.82, 2.24) is 23.6 Å². The number of sulfonamides is 1. The van der Waals surface area contributed by atoms with E-state index < -0.39 is 26.2 Å². The van der Waals surface area contributed by atoms with Crippen molar-refractivity contribution in [2.24, 2.45) is 0 Å². The Morgan fingerprint density at radius 3 is 2.19 bits per heavy atom. The number of hydrogen-bond donors (Lipinski definition) is 0. The van der Waals surface area contributed by atoms with Crippen LogP contribution in [0.15, 0.2) is 65.6 Å². The lowest BCUT2D eigenvalue weighted by molar-refractivity contribution is 0.0814. The van der Waals surface area contributed by atoms with Crippen molar-refractivity contribution >= 4 is 37.1 Å². The van der Waals surface area contributed by atoms with Crippen molar-refractivity contribution in [2.75, 3.05) is 13.2 Å². The minimum absolute atomic E-state index is 0.156. The molecule has 0 unspecified atom stereocenters. The van der Waals surface area contributed by atoms with Gasteiger partial charge in [-0.15, -0.1) is 0 Å². The van der Waals surface area contributed by atoms with E-state index in [2.05, 4.69) is 52.3 Å². The second-order valence-electron chi connectivity index (χ2n) is 16.2. The van der Waals surface area contributed by atoms with Crippen LogP contribution in [0.4, 0.5) is 4.39 Å². The second kappa shape index (κ2) is 15.1. The highest BCUT2D eigenvalue weighted by molar-refractivity contribution is 7.89. The van der Waals surface area contributed by atoms with Gasteiger partial charge >= 0.3 is 0 Å². The van der Waals surface area contributed by atoms with E-state index in [9.17, 15) is 12.8 Å². The van der Waals surface area contributed by atoms with Gasteiger partial charge in [-0.25, -0.2) is 22.5 Å². The summed E-state index contributed by atoms with van der Waals surface area (Å²) < 4.78 is 60.1. The van der Waals surface area contributed by atoms with Crippen molar-refractivity contribution in [3.8, 4) is 22.6 Å². The number of ether oxygens (including phenoxy) is 2. The first-order valence-electron chi connectivity index (χ1n) is 18.1. The third-order valence-corrected chi connectivity index (χ3v) is 14.9. The van der Waals surface area contributed by atoms with Crippen LogP contribution >= 0.6 is 0 Å². The fourth-order valence-corrected chi connectivity index (χ4v) is 9.33. The number of nitrogens with zero attached hydrogens (tertiary/aromatic N) is 5. The van der Waals surface area contributed by atoms with Gasteiger partial charge in [0.15, 0.2) is 5.82 Å². The van der Waals surface area contributed by atoms with Crippen LogP contribution in [0.5, 0.6) is 0 Å². The lowest BCUT2D eigenvalue weighted by Crippen LogP contribution is -2.27. The standard InChI is InChI=1S/C39H52FN5O4SSi2/c1-9-29-21-28(2)34(40)23-33(29)30-15-16-32-36(22-30)45(27-49-18-20-52(6,7)8)42-38(32)39-41-35-24-43(50(46,47)31-13-11-10-12-14-31)25-37(35)44(39)26-48-17-19-51(3,4)5/h10-16,21-23H,9,17-20,24-27H2,1-8H3. The second-order valence-corrected chi connectivity index (χ2v) is 29.4. The molecule has 0 amide bonds. The minimum Gasteiger partial charge on any atom is -0.361 e. The van der Waals surface area contributed by atoms with Gasteiger partial charge in [0.2, 0.25) is 10.0 Å². The van der Waals surface area contributed by atoms with Crippen molar-refractivity contribution < 1.29 is 22.3 Å². The molecule has 9 nitrogen and oxygen atoms in total. The van der Waals surface area contributed by atoms with Gasteiger partial charge in [-0.3, -0.25) is 0 Å². The van der Waals surface area contributed by atoms with E-state index in [1.165, 1.54) is 4.31 Å². The Hall–Kier alpha value is -3.47. The van der Waals surface area contributed by atoms with Crippen LogP contribution in [0.1, 0.15) is 29.4 Å². The number of halogens is 1. The zero-order valence-corrected chi connectivity index (χ0v) is 34.6. The maximum atomic E-state index is 14.9. The number of fused-ring (bicyclic) bond motifs is 2. The summed E-state index contributed by atoms with van der Waals surface area (Å²) in [6.45, 7) is 19.9. The van der Waals surface area contributed by atoms with Crippen LogP contribution in [0.25, 0.3) is 33.5 Å². The molecule has 13 heteroatoms. The van der Waals surface area contributed by atoms with Gasteiger partial charge in [-0.05, 0) is 78.0 Å². The van der Waals surface area contributed by atoms with Gasteiger partial charge in [0.1, 0.15) is 25.0 Å². The van der Waals surface area contributed by atoms with E-state index in [4.69, 9.17) is 19.6 Å². The molecule has 0 atom stereocenters. The van der Waals surface area contributed by atoms with E-state index in [-0.39, 0.29) is 37.3 Å². The van der Waals surface area contributed by atoms with Gasteiger partial charge in [0.05, 0.1) is 34.9 Å². The number of rotatable bonds is 15. The Labute approximate surface area is 309 Å². The quantitative estimate of drug-likeness (QED) is 0.0782. The van der Waals surface area contributed by atoms with Crippen molar-refractivity contribution in [3.05, 3.63) is 89.0 Å². The molecular formula is C39H52FN5O4SSi2. The van der Waals surface area contributed by atoms with Crippen LogP contribution in [-0.4, -0.2) is 61.4 Å². The van der Waals surface area contributed by atoms with Gasteiger partial charge < -0.3 is 14.0 Å². The van der Waals surface area contributed by atoms with Gasteiger partial charge in [0, 0.05) is 34.7 Å². The summed E-state index contributed by atoms with van der Waals surface area (Å²) in [7, 11) is -6.38. The number of benzene rings is 3. The van der Waals surface area contributed by atoms with Crippen LogP contribution < -0.4 is 0 Å². The Bertz CT molecular complexity index is 2170. The minimum atomic E-state index is -3.73. The summed E-state index contributed by atoms with van der Waals surface area (Å²) in [5, 5.41) is 6.00. The van der Waals surface area contributed by atoms with Gasteiger partial charge in [-0.1, -0.05) is 76.5 Å². The Morgan fingerprint density at radius 2 is 1.54 bits per heavy atom. The highest BCUT2D eigenvalue weighted by Crippen LogP contribution is 2.37. The summed E-state index contributed by atoms with van der Waals surface area (Å²) in [4.78, 5) is 5.35. The highest BCUT2D eigenvalue weighted by Gasteiger charge is 2.36. The highest BCUT2D eigenvalue weighted by atomic mass is 32.2. The molecule has 0 aliphatic carbocycles. The van der Waals surface area contributed by atoms with Crippen molar-refractivity contribution in [3.63, 3.8) is 0 Å². The monoisotopic (exact) mass is 761 g/mol. The van der Waals surface area contributed by atoms with E-state index in [0.717, 1.165) is 51.8 Å². The van der Waals surface area contributed by atoms with Crippen molar-refractivity contribution in [1.29, 1.82) is 0 Å². The Morgan fingerprint density at radius 1 is 0.865 bits per heavy atom. The number of imidazole rings is 1. The molecule has 0 spiro atoms. The lowest BCUT2D eigenvalue weighted by atomic mass is 9.95. The molecule has 52 heavy (non-hydrogen) atoms. The van der Waals surface area contributed by atoms with E-state index in [1.807, 2.05) is 33.5 Å². The maximum Gasteiger partial charge on any atom is 0.243 e. The molecule has 0 fully saturated rings. The predicted molar refractivity (Wildman–Crippen MR) is 212 cm³/mol. The first kappa shape index (κ1) is 38.3. The van der Waals surface area contributed by atoms with Crippen LogP contribution in [0, 0.1) is 12.7 Å². The van der Waals surface area contributed by atoms with Crippen LogP contribution in [0.2, 0.25) is 51.4 Å². The summed E-state index contributed by atoms with van der Waals surface area (Å²) in [5.74, 6) is 0.397. The average molecular weight is 762 g/mol. The molecule has 0 bridgehead atoms. The SMILES string of the molecule is CCc1cc(C)c(F)cc1-c1ccc2c(-c3nc4c(n3COCC[Si](C)(C)C)CN(S(=O)(=O)c3ccccc3)C4)nn(COCC[Si](C)(C)C)c2c1. The van der Waals surface area contributed by atoms with E-state index in [1.54, 1.807) is 37.3 Å². The fraction of sp³-hybridized carbons (Fsp3) is 0.436. The molecule has 3 heterocycles. The predicted octanol–water partition coefficient (Wildman–Crippen LogP) is 8.91. The van der Waals surface area contributed by atoms with E-state index >= 15 is 0 Å². The number of aryl methyl sites for hydroxylation is 2. The average Bonchev–Trinajstić information content (AvgIpc) is 3.77. The Balaban J connectivity index is 1.43. The zero-order chi connectivity index (χ0) is 37.4. The molecule has 5 aromatic rings. The molecule has 278 valence electrons. The summed E-state index contributed by atoms with van der Waals surface area (Å²) in [5.41, 5.74) is 6.48. The maximum absolute atomic E-state index is 14.9. The van der Waals surface area contributed by atoms with Crippen LogP contribution in [0.3, 0.4) is 0 Å². The summed E-state index contributed by atoms with van der Waals surface area (Å²) in [6.07, 6.45) is 0.774. The molecule has 1 aliphatic rings. The fourth-order valence-electron chi connectivity index (χ4n) is 6.43. The molecule has 1 aliphatic heterocycles. The molecular weight excluding hydrogens is 710 g/mol. The molecule has 0 radical (unpaired) electrons. The lowest BCUT2D eigenvalue weighted by Gasteiger charge is -2.18. The first-order valence-corrected chi connectivity index (χ1v) is 27.0. The zero-order valence-electron chi connectivity index (χ0n) is 31.8. The summed E-state index contributed by atoms with van der Waals surface area (Å²) >= 11 is 0. The molecule has 3 aromatic carbocycles. The van der Waals surface area contributed by atoms with Gasteiger partial charge in [-0.2, -0.15) is 9.40 Å². The number of hydrogen-bond acceptors (Lipinski definition) is 6. The molecule has 0 saturated carbocycles. The largest absolute Gasteiger partial charge is 0.361 e. The molecule has 0 N–H and O–H groups in total. The number of aromatic nitrogens is 4. The third-order valence-electron chi connectivity index (χ3n) is 9.66. The summed E-state index contributed by atoms with van der Waals surface area (Å²) in [6, 6.07) is 20.2.